The van der Waals surface area contributed by atoms with Gasteiger partial charge in [-0.05, 0) is 41.3 Å². The lowest BCUT2D eigenvalue weighted by Crippen LogP contribution is -2.33. The van der Waals surface area contributed by atoms with Gasteiger partial charge in [0.1, 0.15) is 12.3 Å². The number of amides is 2. The highest BCUT2D eigenvalue weighted by Crippen LogP contribution is 2.32. The van der Waals surface area contributed by atoms with Crippen molar-refractivity contribution in [1.29, 1.82) is 0 Å². The van der Waals surface area contributed by atoms with Crippen LogP contribution in [0.4, 0.5) is 16.2 Å². The van der Waals surface area contributed by atoms with Crippen LogP contribution in [0.3, 0.4) is 0 Å². The Morgan fingerprint density at radius 2 is 1.94 bits per heavy atom. The van der Waals surface area contributed by atoms with E-state index in [1.54, 1.807) is 11.1 Å². The number of benzene rings is 2. The fourth-order valence-corrected chi connectivity index (χ4v) is 4.28. The van der Waals surface area contributed by atoms with Gasteiger partial charge in [0.15, 0.2) is 0 Å². The minimum absolute atomic E-state index is 0.192. The maximum absolute atomic E-state index is 12.6. The van der Waals surface area contributed by atoms with Crippen LogP contribution >= 0.6 is 0 Å². The van der Waals surface area contributed by atoms with Gasteiger partial charge in [0.25, 0.3) is 5.91 Å². The number of hydrogen-bond acceptors (Lipinski definition) is 5. The molecule has 5 rings (SSSR count). The quantitative estimate of drug-likeness (QED) is 0.673. The van der Waals surface area contributed by atoms with E-state index in [0.717, 1.165) is 29.9 Å². The highest BCUT2D eigenvalue weighted by Gasteiger charge is 2.28. The average Bonchev–Trinajstić information content (AvgIpc) is 3.28. The highest BCUT2D eigenvalue weighted by atomic mass is 16.6. The predicted molar refractivity (Wildman–Crippen MR) is 122 cm³/mol. The van der Waals surface area contributed by atoms with Crippen molar-refractivity contribution in [3.05, 3.63) is 89.2 Å². The number of carbonyl (C=O) groups excluding carboxylic acids is 2. The third-order valence-electron chi connectivity index (χ3n) is 5.93. The third kappa shape index (κ3) is 4.01. The lowest BCUT2D eigenvalue weighted by atomic mass is 9.96. The van der Waals surface area contributed by atoms with Crippen molar-refractivity contribution in [3.8, 4) is 0 Å². The molecule has 1 saturated heterocycles. The van der Waals surface area contributed by atoms with Crippen molar-refractivity contribution in [1.82, 2.24) is 10.3 Å². The fourth-order valence-electron chi connectivity index (χ4n) is 4.28. The van der Waals surface area contributed by atoms with Crippen LogP contribution in [0.5, 0.6) is 0 Å². The van der Waals surface area contributed by atoms with Gasteiger partial charge in [-0.25, -0.2) is 4.79 Å². The Balaban J connectivity index is 1.31. The lowest BCUT2D eigenvalue weighted by molar-refractivity contribution is 0.0946. The van der Waals surface area contributed by atoms with Crippen molar-refractivity contribution in [2.75, 3.05) is 29.5 Å². The first kappa shape index (κ1) is 20.1. The van der Waals surface area contributed by atoms with Crippen LogP contribution in [-0.2, 0) is 24.2 Å². The second-order valence-corrected chi connectivity index (χ2v) is 7.92. The van der Waals surface area contributed by atoms with E-state index in [1.807, 2.05) is 54.6 Å². The summed E-state index contributed by atoms with van der Waals surface area (Å²) in [4.78, 5) is 32.9. The molecule has 32 heavy (non-hydrogen) atoms. The number of nitrogens with zero attached hydrogens (tertiary/aromatic N) is 3. The number of hydrogen-bond donors (Lipinski definition) is 1. The first-order valence-corrected chi connectivity index (χ1v) is 10.8. The molecule has 2 aliphatic rings. The summed E-state index contributed by atoms with van der Waals surface area (Å²) in [6.45, 7) is 2.99. The van der Waals surface area contributed by atoms with Crippen molar-refractivity contribution in [2.45, 2.75) is 19.5 Å². The van der Waals surface area contributed by atoms with Crippen LogP contribution in [0.15, 0.2) is 66.9 Å². The molecule has 0 bridgehead atoms. The Hall–Kier alpha value is -3.87. The number of carbonyl (C=O) groups is 2. The molecule has 0 aliphatic carbocycles. The average molecular weight is 428 g/mol. The smallest absolute Gasteiger partial charge is 0.414 e. The van der Waals surface area contributed by atoms with Gasteiger partial charge in [0.05, 0.1) is 12.2 Å². The Morgan fingerprint density at radius 3 is 2.75 bits per heavy atom. The second-order valence-electron chi connectivity index (χ2n) is 7.92. The monoisotopic (exact) mass is 428 g/mol. The Morgan fingerprint density at radius 1 is 1.06 bits per heavy atom. The predicted octanol–water partition coefficient (Wildman–Crippen LogP) is 3.53. The van der Waals surface area contributed by atoms with Gasteiger partial charge in [-0.1, -0.05) is 42.5 Å². The van der Waals surface area contributed by atoms with E-state index in [4.69, 9.17) is 4.74 Å². The standard InChI is InChI=1S/C25H24N4O3/c30-24(27-16-18-5-2-1-3-6-18)22-15-20(9-11-26-22)28-12-10-21-19(17-28)7-4-8-23(21)29-13-14-32-25(29)31/h1-9,11,15H,10,12-14,16-17H2,(H,27,30). The molecule has 1 fully saturated rings. The molecule has 2 amide bonds. The summed E-state index contributed by atoms with van der Waals surface area (Å²) < 4.78 is 5.12. The maximum Gasteiger partial charge on any atom is 0.414 e. The van der Waals surface area contributed by atoms with Gasteiger partial charge in [0, 0.05) is 31.5 Å². The fraction of sp³-hybridized carbons (Fsp3) is 0.240. The maximum atomic E-state index is 12.6. The second kappa shape index (κ2) is 8.70. The molecule has 2 aromatic carbocycles. The molecule has 0 atom stereocenters. The number of pyridine rings is 1. The zero-order chi connectivity index (χ0) is 21.9. The first-order valence-electron chi connectivity index (χ1n) is 10.8. The summed E-state index contributed by atoms with van der Waals surface area (Å²) >= 11 is 0. The minimum atomic E-state index is -0.277. The van der Waals surface area contributed by atoms with Gasteiger partial charge >= 0.3 is 6.09 Å². The molecule has 2 aliphatic heterocycles. The third-order valence-corrected chi connectivity index (χ3v) is 5.93. The molecule has 0 saturated carbocycles. The van der Waals surface area contributed by atoms with E-state index in [-0.39, 0.29) is 12.0 Å². The molecule has 7 heteroatoms. The number of fused-ring (bicyclic) bond motifs is 1. The number of rotatable bonds is 5. The molecule has 162 valence electrons. The van der Waals surface area contributed by atoms with Gasteiger partial charge in [0.2, 0.25) is 0 Å². The topological polar surface area (TPSA) is 74.8 Å². The summed E-state index contributed by atoms with van der Waals surface area (Å²) in [7, 11) is 0. The van der Waals surface area contributed by atoms with Gasteiger partial charge < -0.3 is 15.0 Å². The molecule has 1 N–H and O–H groups in total. The summed E-state index contributed by atoms with van der Waals surface area (Å²) in [5.74, 6) is -0.192. The van der Waals surface area contributed by atoms with Crippen LogP contribution in [-0.4, -0.2) is 36.7 Å². The molecule has 0 unspecified atom stereocenters. The largest absolute Gasteiger partial charge is 0.447 e. The van der Waals surface area contributed by atoms with E-state index in [0.29, 0.717) is 31.9 Å². The zero-order valence-electron chi connectivity index (χ0n) is 17.7. The van der Waals surface area contributed by atoms with Crippen LogP contribution < -0.4 is 15.1 Å². The van der Waals surface area contributed by atoms with Crippen molar-refractivity contribution >= 4 is 23.4 Å². The first-order chi connectivity index (χ1) is 15.7. The molecule has 0 radical (unpaired) electrons. The summed E-state index contributed by atoms with van der Waals surface area (Å²) in [5.41, 5.74) is 5.72. The molecule has 0 spiro atoms. The van der Waals surface area contributed by atoms with Crippen molar-refractivity contribution in [2.24, 2.45) is 0 Å². The zero-order valence-corrected chi connectivity index (χ0v) is 17.7. The van der Waals surface area contributed by atoms with E-state index in [1.165, 1.54) is 11.1 Å². The van der Waals surface area contributed by atoms with Crippen molar-refractivity contribution in [3.63, 3.8) is 0 Å². The molecular weight excluding hydrogens is 404 g/mol. The highest BCUT2D eigenvalue weighted by molar-refractivity contribution is 5.93. The van der Waals surface area contributed by atoms with E-state index in [2.05, 4.69) is 21.3 Å². The Labute approximate surface area is 186 Å². The van der Waals surface area contributed by atoms with Gasteiger partial charge in [-0.3, -0.25) is 14.7 Å². The molecule has 3 aromatic rings. The normalized spacial score (nSPS) is 15.3. The molecule has 3 heterocycles. The van der Waals surface area contributed by atoms with Gasteiger partial charge in [-0.15, -0.1) is 0 Å². The number of aromatic nitrogens is 1. The minimum Gasteiger partial charge on any atom is -0.447 e. The van der Waals surface area contributed by atoms with E-state index < -0.39 is 0 Å². The van der Waals surface area contributed by atoms with Gasteiger partial charge in [-0.2, -0.15) is 0 Å². The molecule has 1 aromatic heterocycles. The summed E-state index contributed by atoms with van der Waals surface area (Å²) in [5, 5.41) is 2.93. The van der Waals surface area contributed by atoms with E-state index >= 15 is 0 Å². The number of ether oxygens (including phenoxy) is 1. The lowest BCUT2D eigenvalue weighted by Gasteiger charge is -2.33. The number of anilines is 2. The van der Waals surface area contributed by atoms with Crippen LogP contribution in [0, 0.1) is 0 Å². The van der Waals surface area contributed by atoms with Crippen molar-refractivity contribution < 1.29 is 14.3 Å². The molecule has 7 nitrogen and oxygen atoms in total. The Bertz CT molecular complexity index is 1150. The molecular formula is C25H24N4O3. The number of cyclic esters (lactones) is 1. The van der Waals surface area contributed by atoms with Crippen LogP contribution in [0.25, 0.3) is 0 Å². The van der Waals surface area contributed by atoms with Crippen LogP contribution in [0.1, 0.15) is 27.2 Å². The summed E-state index contributed by atoms with van der Waals surface area (Å²) in [6.07, 6.45) is 2.22. The van der Waals surface area contributed by atoms with E-state index in [9.17, 15) is 9.59 Å². The SMILES string of the molecule is O=C(NCc1ccccc1)c1cc(N2CCc3c(cccc3N3CCOC3=O)C2)ccn1. The Kier molecular flexibility index (Phi) is 5.46. The summed E-state index contributed by atoms with van der Waals surface area (Å²) in [6, 6.07) is 19.7. The number of nitrogens with one attached hydrogen (secondary N) is 1. The van der Waals surface area contributed by atoms with Crippen LogP contribution in [0.2, 0.25) is 0 Å².